The Kier molecular flexibility index (Phi) is 6.04. The van der Waals surface area contributed by atoms with E-state index in [1.165, 1.54) is 42.2 Å². The molecule has 0 saturated carbocycles. The zero-order valence-electron chi connectivity index (χ0n) is 17.6. The molecular formula is C24H27N5OS. The van der Waals surface area contributed by atoms with Crippen molar-refractivity contribution in [2.45, 2.75) is 43.8 Å². The molecular weight excluding hydrogens is 406 g/mol. The summed E-state index contributed by atoms with van der Waals surface area (Å²) in [6, 6.07) is 16.4. The van der Waals surface area contributed by atoms with Crippen molar-refractivity contribution in [3.05, 3.63) is 65.5 Å². The molecule has 0 atom stereocenters. The lowest BCUT2D eigenvalue weighted by Gasteiger charge is -2.16. The number of hydrogen-bond donors (Lipinski definition) is 1. The highest BCUT2D eigenvalue weighted by molar-refractivity contribution is 7.99. The third-order valence-electron chi connectivity index (χ3n) is 5.99. The minimum Gasteiger partial charge on any atom is -0.325 e. The molecule has 1 N–H and O–H groups in total. The van der Waals surface area contributed by atoms with Crippen molar-refractivity contribution in [2.75, 3.05) is 24.2 Å². The Morgan fingerprint density at radius 1 is 0.968 bits per heavy atom. The van der Waals surface area contributed by atoms with E-state index in [0.29, 0.717) is 5.75 Å². The quantitative estimate of drug-likeness (QED) is 0.569. The zero-order chi connectivity index (χ0) is 21.0. The van der Waals surface area contributed by atoms with Gasteiger partial charge in [-0.3, -0.25) is 14.3 Å². The lowest BCUT2D eigenvalue weighted by atomic mass is 10.1. The second-order valence-corrected chi connectivity index (χ2v) is 9.17. The summed E-state index contributed by atoms with van der Waals surface area (Å²) in [5.41, 5.74) is 4.68. The summed E-state index contributed by atoms with van der Waals surface area (Å²) < 4.78 is 2.09. The van der Waals surface area contributed by atoms with Gasteiger partial charge in [-0.2, -0.15) is 0 Å². The molecule has 7 heteroatoms. The van der Waals surface area contributed by atoms with Crippen LogP contribution >= 0.6 is 11.8 Å². The number of nitrogens with zero attached hydrogens (tertiary/aromatic N) is 4. The largest absolute Gasteiger partial charge is 0.325 e. The maximum Gasteiger partial charge on any atom is 0.234 e. The molecule has 1 aromatic heterocycles. The number of amides is 1. The summed E-state index contributed by atoms with van der Waals surface area (Å²) in [5.74, 6) is 1.20. The van der Waals surface area contributed by atoms with Crippen molar-refractivity contribution in [3.8, 4) is 5.69 Å². The number of carbonyl (C=O) groups excluding carboxylic acids is 1. The first-order chi connectivity index (χ1) is 15.3. The number of para-hydroxylation sites is 1. The number of carbonyl (C=O) groups is 1. The first-order valence-corrected chi connectivity index (χ1v) is 12.0. The predicted octanol–water partition coefficient (Wildman–Crippen LogP) is 4.08. The van der Waals surface area contributed by atoms with Gasteiger partial charge in [0.15, 0.2) is 11.0 Å². The second kappa shape index (κ2) is 9.24. The molecule has 5 rings (SSSR count). The van der Waals surface area contributed by atoms with Crippen molar-refractivity contribution in [3.63, 3.8) is 0 Å². The number of hydrogen-bond acceptors (Lipinski definition) is 5. The number of nitrogens with one attached hydrogen (secondary N) is 1. The molecule has 0 bridgehead atoms. The van der Waals surface area contributed by atoms with Crippen molar-refractivity contribution < 1.29 is 4.79 Å². The van der Waals surface area contributed by atoms with Crippen molar-refractivity contribution in [1.82, 2.24) is 19.7 Å². The van der Waals surface area contributed by atoms with Gasteiger partial charge < -0.3 is 5.32 Å². The molecule has 31 heavy (non-hydrogen) atoms. The Labute approximate surface area is 187 Å². The van der Waals surface area contributed by atoms with E-state index in [0.717, 1.165) is 54.8 Å². The molecule has 3 aromatic rings. The number of benzene rings is 2. The summed E-state index contributed by atoms with van der Waals surface area (Å²) >= 11 is 1.43. The molecule has 2 heterocycles. The Morgan fingerprint density at radius 3 is 2.61 bits per heavy atom. The lowest BCUT2D eigenvalue weighted by Crippen LogP contribution is -2.21. The van der Waals surface area contributed by atoms with Crippen LogP contribution in [0.25, 0.3) is 5.69 Å². The van der Waals surface area contributed by atoms with Gasteiger partial charge in [0, 0.05) is 11.4 Å². The van der Waals surface area contributed by atoms with Crippen molar-refractivity contribution in [2.24, 2.45) is 0 Å². The SMILES string of the molecule is O=C(CSc1nnc(CN2CCCC2)n1-c1ccccc1)Nc1ccc2c(c1)CCC2. The highest BCUT2D eigenvalue weighted by Crippen LogP contribution is 2.26. The van der Waals surface area contributed by atoms with E-state index >= 15 is 0 Å². The standard InChI is InChI=1S/C24H27N5OS/c30-23(25-20-12-11-18-7-6-8-19(18)15-20)17-31-24-27-26-22(16-28-13-4-5-14-28)29(24)21-9-2-1-3-10-21/h1-3,9-12,15H,4-8,13-14,16-17H2,(H,25,30). The number of rotatable bonds is 7. The maximum absolute atomic E-state index is 12.6. The van der Waals surface area contributed by atoms with Crippen molar-refractivity contribution >= 4 is 23.4 Å². The van der Waals surface area contributed by atoms with Crippen LogP contribution in [0.5, 0.6) is 0 Å². The maximum atomic E-state index is 12.6. The van der Waals surface area contributed by atoms with Gasteiger partial charge in [0.05, 0.1) is 12.3 Å². The molecule has 0 spiro atoms. The highest BCUT2D eigenvalue weighted by Gasteiger charge is 2.20. The number of aryl methyl sites for hydroxylation is 2. The third-order valence-corrected chi connectivity index (χ3v) is 6.92. The molecule has 1 amide bonds. The Balaban J connectivity index is 1.29. The Hall–Kier alpha value is -2.64. The van der Waals surface area contributed by atoms with Gasteiger partial charge in [0.2, 0.25) is 5.91 Å². The van der Waals surface area contributed by atoms with Crippen LogP contribution in [0, 0.1) is 0 Å². The van der Waals surface area contributed by atoms with Crippen LogP contribution in [0.15, 0.2) is 53.7 Å². The summed E-state index contributed by atoms with van der Waals surface area (Å²) in [4.78, 5) is 15.0. The van der Waals surface area contributed by atoms with Gasteiger partial charge in [-0.05, 0) is 80.6 Å². The molecule has 2 aromatic carbocycles. The molecule has 1 fully saturated rings. The fraction of sp³-hybridized carbons (Fsp3) is 0.375. The number of likely N-dealkylation sites (tertiary alicyclic amines) is 1. The van der Waals surface area contributed by atoms with E-state index in [4.69, 9.17) is 0 Å². The molecule has 1 aliphatic heterocycles. The monoisotopic (exact) mass is 433 g/mol. The number of fused-ring (bicyclic) bond motifs is 1. The van der Waals surface area contributed by atoms with Crippen molar-refractivity contribution in [1.29, 1.82) is 0 Å². The Morgan fingerprint density at radius 2 is 1.77 bits per heavy atom. The van der Waals surface area contributed by atoms with Gasteiger partial charge in [0.25, 0.3) is 0 Å². The van der Waals surface area contributed by atoms with E-state index in [9.17, 15) is 4.79 Å². The minimum atomic E-state index is -0.0216. The van der Waals surface area contributed by atoms with Crippen LogP contribution in [0.4, 0.5) is 5.69 Å². The summed E-state index contributed by atoms with van der Waals surface area (Å²) in [7, 11) is 0. The van der Waals surface area contributed by atoms with Crippen LogP contribution < -0.4 is 5.32 Å². The highest BCUT2D eigenvalue weighted by atomic mass is 32.2. The van der Waals surface area contributed by atoms with E-state index in [-0.39, 0.29) is 5.91 Å². The fourth-order valence-electron chi connectivity index (χ4n) is 4.45. The summed E-state index contributed by atoms with van der Waals surface area (Å²) in [6.07, 6.45) is 5.94. The zero-order valence-corrected chi connectivity index (χ0v) is 18.4. The third kappa shape index (κ3) is 4.67. The Bertz CT molecular complexity index is 1060. The molecule has 1 aliphatic carbocycles. The molecule has 1 saturated heterocycles. The summed E-state index contributed by atoms with van der Waals surface area (Å²) in [6.45, 7) is 2.99. The number of thioether (sulfide) groups is 1. The predicted molar refractivity (Wildman–Crippen MR) is 124 cm³/mol. The average molecular weight is 434 g/mol. The van der Waals surface area contributed by atoms with Gasteiger partial charge >= 0.3 is 0 Å². The van der Waals surface area contributed by atoms with Gasteiger partial charge in [0.1, 0.15) is 0 Å². The van der Waals surface area contributed by atoms with Gasteiger partial charge in [-0.1, -0.05) is 36.0 Å². The molecule has 160 valence electrons. The molecule has 0 radical (unpaired) electrons. The van der Waals surface area contributed by atoms with E-state index in [2.05, 4.69) is 49.2 Å². The van der Waals surface area contributed by atoms with Crippen LogP contribution in [0.2, 0.25) is 0 Å². The lowest BCUT2D eigenvalue weighted by molar-refractivity contribution is -0.113. The first kappa shape index (κ1) is 20.3. The van der Waals surface area contributed by atoms with Crippen LogP contribution in [0.1, 0.15) is 36.2 Å². The molecule has 6 nitrogen and oxygen atoms in total. The molecule has 2 aliphatic rings. The summed E-state index contributed by atoms with van der Waals surface area (Å²) in [5, 5.41) is 12.7. The second-order valence-electron chi connectivity index (χ2n) is 8.23. The number of anilines is 1. The van der Waals surface area contributed by atoms with Crippen LogP contribution in [-0.4, -0.2) is 44.4 Å². The van der Waals surface area contributed by atoms with Crippen LogP contribution in [-0.2, 0) is 24.2 Å². The molecule has 0 unspecified atom stereocenters. The van der Waals surface area contributed by atoms with Gasteiger partial charge in [-0.25, -0.2) is 0 Å². The van der Waals surface area contributed by atoms with E-state index < -0.39 is 0 Å². The first-order valence-electron chi connectivity index (χ1n) is 11.0. The number of aromatic nitrogens is 3. The fourth-order valence-corrected chi connectivity index (χ4v) is 5.22. The van der Waals surface area contributed by atoms with E-state index in [1.54, 1.807) is 0 Å². The topological polar surface area (TPSA) is 63.1 Å². The minimum absolute atomic E-state index is 0.0216. The van der Waals surface area contributed by atoms with E-state index in [1.807, 2.05) is 24.3 Å². The normalized spacial score (nSPS) is 15.9. The van der Waals surface area contributed by atoms with Crippen LogP contribution in [0.3, 0.4) is 0 Å². The van der Waals surface area contributed by atoms with Gasteiger partial charge in [-0.15, -0.1) is 10.2 Å². The average Bonchev–Trinajstić information content (AvgIpc) is 3.54. The smallest absolute Gasteiger partial charge is 0.234 e.